The monoisotopic (exact) mass is 727 g/mol. The van der Waals surface area contributed by atoms with Gasteiger partial charge in [0.15, 0.2) is 11.4 Å². The van der Waals surface area contributed by atoms with Crippen molar-refractivity contribution in [3.63, 3.8) is 0 Å². The lowest BCUT2D eigenvalue weighted by Gasteiger charge is -2.26. The van der Waals surface area contributed by atoms with Crippen LogP contribution in [0.1, 0.15) is 88.1 Å². The molecule has 2 N–H and O–H groups in total. The zero-order valence-electron chi connectivity index (χ0n) is 31.5. The van der Waals surface area contributed by atoms with E-state index in [0.717, 1.165) is 38.5 Å². The van der Waals surface area contributed by atoms with E-state index in [1.807, 2.05) is 7.05 Å². The topological polar surface area (TPSA) is 87.7 Å². The number of carbonyl (C=O) groups is 3. The van der Waals surface area contributed by atoms with E-state index < -0.39 is 5.60 Å². The average molecular weight is 728 g/mol. The molecule has 0 saturated heterocycles. The largest absolute Gasteiger partial charge is 0.478 e. The van der Waals surface area contributed by atoms with Crippen LogP contribution in [0.4, 0.5) is 0 Å². The lowest BCUT2D eigenvalue weighted by Crippen LogP contribution is -2.48. The number of halogens is 1. The van der Waals surface area contributed by atoms with Gasteiger partial charge in [0.2, 0.25) is 5.91 Å². The van der Waals surface area contributed by atoms with Crippen LogP contribution < -0.4 is 15.4 Å². The molecule has 0 aromatic heterocycles. The molecule has 0 aliphatic rings. The number of ether oxygens (including phenoxy) is 1. The molecule has 2 rings (SSSR count). The molecule has 0 aliphatic carbocycles. The number of carbonyl (C=O) groups excluding carboxylic acids is 3. The zero-order chi connectivity index (χ0) is 37.9. The molecule has 0 unspecified atom stereocenters. The minimum absolute atomic E-state index is 0.0301. The van der Waals surface area contributed by atoms with Crippen LogP contribution in [-0.2, 0) is 9.59 Å². The first-order valence-corrected chi connectivity index (χ1v) is 18.7. The Morgan fingerprint density at radius 3 is 1.62 bits per heavy atom. The van der Waals surface area contributed by atoms with Crippen molar-refractivity contribution in [2.24, 2.45) is 0 Å². The van der Waals surface area contributed by atoms with Gasteiger partial charge in [-0.05, 0) is 114 Å². The van der Waals surface area contributed by atoms with Gasteiger partial charge in [0.05, 0.1) is 0 Å². The zero-order valence-corrected chi connectivity index (χ0v) is 32.2. The molecule has 2 amide bonds. The molecule has 52 heavy (non-hydrogen) atoms. The van der Waals surface area contributed by atoms with E-state index in [-0.39, 0.29) is 17.6 Å². The van der Waals surface area contributed by atoms with E-state index >= 15 is 0 Å². The van der Waals surface area contributed by atoms with Crippen molar-refractivity contribution in [2.45, 2.75) is 77.7 Å². The average Bonchev–Trinajstić information content (AvgIpc) is 3.12. The quantitative estimate of drug-likeness (QED) is 0.0787. The first-order valence-electron chi connectivity index (χ1n) is 18.3. The second kappa shape index (κ2) is 26.3. The van der Waals surface area contributed by atoms with E-state index in [4.69, 9.17) is 16.3 Å². The molecule has 2 aromatic carbocycles. The van der Waals surface area contributed by atoms with Crippen LogP contribution in [0.5, 0.6) is 5.75 Å². The van der Waals surface area contributed by atoms with Gasteiger partial charge in [0.25, 0.3) is 5.91 Å². The number of benzene rings is 2. The summed E-state index contributed by atoms with van der Waals surface area (Å²) < 4.78 is 5.95. The molecule has 0 saturated carbocycles. The lowest BCUT2D eigenvalue weighted by molar-refractivity contribution is -0.134. The molecule has 0 fully saturated rings. The third-order valence-corrected chi connectivity index (χ3v) is 8.12. The van der Waals surface area contributed by atoms with Crippen molar-refractivity contribution in [2.75, 3.05) is 33.2 Å². The molecule has 7 nitrogen and oxygen atoms in total. The first-order chi connectivity index (χ1) is 25.1. The molecule has 0 aliphatic heterocycles. The maximum Gasteiger partial charge on any atom is 0.263 e. The van der Waals surface area contributed by atoms with Crippen LogP contribution in [-0.4, -0.2) is 61.3 Å². The Bertz CT molecular complexity index is 1520. The molecule has 0 atom stereocenters. The third-order valence-electron chi connectivity index (χ3n) is 7.87. The van der Waals surface area contributed by atoms with Crippen LogP contribution in [0.2, 0.25) is 5.02 Å². The Balaban J connectivity index is 1.51. The fourth-order valence-corrected chi connectivity index (χ4v) is 4.92. The van der Waals surface area contributed by atoms with Gasteiger partial charge in [0, 0.05) is 48.7 Å². The number of ketones is 1. The molecule has 0 radical (unpaired) electrons. The van der Waals surface area contributed by atoms with Crippen LogP contribution in [0.25, 0.3) is 0 Å². The normalized spacial score (nSPS) is 12.4. The van der Waals surface area contributed by atoms with Crippen molar-refractivity contribution in [3.8, 4) is 5.75 Å². The molecular formula is C44H58ClN3O4. The van der Waals surface area contributed by atoms with Gasteiger partial charge >= 0.3 is 0 Å². The van der Waals surface area contributed by atoms with Crippen molar-refractivity contribution < 1.29 is 19.1 Å². The Kier molecular flexibility index (Phi) is 22.1. The number of likely N-dealkylation sites (N-methyl/N-ethyl adjacent to an activating group) is 1. The fourth-order valence-electron chi connectivity index (χ4n) is 4.80. The highest BCUT2D eigenvalue weighted by atomic mass is 35.5. The van der Waals surface area contributed by atoms with Crippen molar-refractivity contribution in [3.05, 3.63) is 138 Å². The molecule has 0 spiro atoms. The summed E-state index contributed by atoms with van der Waals surface area (Å²) in [5, 5.41) is 6.46. The van der Waals surface area contributed by atoms with Gasteiger partial charge in [-0.1, -0.05) is 91.4 Å². The van der Waals surface area contributed by atoms with Gasteiger partial charge in [-0.25, -0.2) is 0 Å². The summed E-state index contributed by atoms with van der Waals surface area (Å²) in [5.41, 5.74) is -0.0553. The molecule has 280 valence electrons. The molecular weight excluding hydrogens is 670 g/mol. The number of hydrogen-bond acceptors (Lipinski definition) is 5. The van der Waals surface area contributed by atoms with Crippen LogP contribution in [0.15, 0.2) is 121 Å². The lowest BCUT2D eigenvalue weighted by atomic mass is 10.0. The number of nitrogens with one attached hydrogen (secondary N) is 2. The van der Waals surface area contributed by atoms with Crippen LogP contribution in [0, 0.1) is 0 Å². The van der Waals surface area contributed by atoms with Gasteiger partial charge < -0.3 is 20.3 Å². The maximum atomic E-state index is 12.9. The fraction of sp³-hybridized carbons (Fsp3) is 0.386. The van der Waals surface area contributed by atoms with Gasteiger partial charge in [-0.2, -0.15) is 0 Å². The summed E-state index contributed by atoms with van der Waals surface area (Å²) >= 11 is 5.92. The standard InChI is InChI=1S/C44H58ClN3O4/c1-5-6-7-8-9-10-11-12-13-14-15-16-17-18-19-20-21-22-23-24-41(49)46-33-35-48(4)36-34-47-43(51)44(2,3)52-40-31-27-38(28-32-40)42(50)37-25-29-39(45)30-26-37/h6-7,9-10,12-13,15-16,18-19,21-22,25-32H,5,8,11,14,17,20,23-24,33-36H2,1-4H3,(H,46,49)(H,47,51)/b7-6-,10-9-,13-12-,16-15-,19-18-,22-21-. The maximum absolute atomic E-state index is 12.9. The summed E-state index contributed by atoms with van der Waals surface area (Å²) in [6, 6.07) is 13.5. The highest BCUT2D eigenvalue weighted by Gasteiger charge is 2.29. The Morgan fingerprint density at radius 1 is 0.673 bits per heavy atom. The van der Waals surface area contributed by atoms with E-state index in [1.165, 1.54) is 0 Å². The predicted molar refractivity (Wildman–Crippen MR) is 217 cm³/mol. The molecule has 8 heteroatoms. The Labute approximate surface area is 317 Å². The minimum Gasteiger partial charge on any atom is -0.478 e. The summed E-state index contributed by atoms with van der Waals surface area (Å²) in [5.74, 6) is 0.152. The van der Waals surface area contributed by atoms with Gasteiger partial charge in [-0.3, -0.25) is 14.4 Å². The molecule has 0 bridgehead atoms. The van der Waals surface area contributed by atoms with Crippen molar-refractivity contribution in [1.29, 1.82) is 0 Å². The Hall–Kier alpha value is -4.46. The summed E-state index contributed by atoms with van der Waals surface area (Å²) in [6.07, 6.45) is 33.0. The van der Waals surface area contributed by atoms with Gasteiger partial charge in [0.1, 0.15) is 5.75 Å². The van der Waals surface area contributed by atoms with E-state index in [1.54, 1.807) is 62.4 Å². The van der Waals surface area contributed by atoms with Crippen molar-refractivity contribution >= 4 is 29.2 Å². The van der Waals surface area contributed by atoms with Gasteiger partial charge in [-0.15, -0.1) is 0 Å². The number of hydrogen-bond donors (Lipinski definition) is 2. The highest BCUT2D eigenvalue weighted by Crippen LogP contribution is 2.21. The predicted octanol–water partition coefficient (Wildman–Crippen LogP) is 9.37. The third kappa shape index (κ3) is 19.8. The number of amides is 2. The number of rotatable bonds is 25. The summed E-state index contributed by atoms with van der Waals surface area (Å²) in [4.78, 5) is 39.8. The smallest absolute Gasteiger partial charge is 0.263 e. The van der Waals surface area contributed by atoms with Crippen LogP contribution in [0.3, 0.4) is 0 Å². The van der Waals surface area contributed by atoms with E-state index in [9.17, 15) is 14.4 Å². The number of allylic oxidation sites excluding steroid dienone is 12. The second-order valence-electron chi connectivity index (χ2n) is 12.8. The molecule has 2 aromatic rings. The summed E-state index contributed by atoms with van der Waals surface area (Å²) in [6.45, 7) is 7.82. The Morgan fingerprint density at radius 2 is 1.12 bits per heavy atom. The molecule has 0 heterocycles. The SMILES string of the molecule is CC/C=C\C/C=C\C/C=C\C/C=C\C/C=C\C/C=C\CCC(=O)NCCN(C)CCNC(=O)C(C)(C)Oc1ccc(C(=O)c2ccc(Cl)cc2)cc1. The second-order valence-corrected chi connectivity index (χ2v) is 13.3. The van der Waals surface area contributed by atoms with E-state index in [0.29, 0.717) is 60.9 Å². The van der Waals surface area contributed by atoms with E-state index in [2.05, 4.69) is 95.4 Å². The van der Waals surface area contributed by atoms with Crippen LogP contribution >= 0.6 is 11.6 Å². The van der Waals surface area contributed by atoms with Crippen molar-refractivity contribution in [1.82, 2.24) is 15.5 Å². The number of nitrogens with zero attached hydrogens (tertiary/aromatic N) is 1. The minimum atomic E-state index is -1.11. The highest BCUT2D eigenvalue weighted by molar-refractivity contribution is 6.30. The first kappa shape index (κ1) is 43.7. The summed E-state index contributed by atoms with van der Waals surface area (Å²) in [7, 11) is 1.95.